The first-order chi connectivity index (χ1) is 12.4. The normalized spacial score (nSPS) is 14.0. The summed E-state index contributed by atoms with van der Waals surface area (Å²) in [6.45, 7) is 3.79. The van der Waals surface area contributed by atoms with Gasteiger partial charge in [-0.15, -0.1) is 0 Å². The molecule has 1 amide bonds. The standard InChI is InChI=1S/C21H23NO4.Na/c1-13-8-9-17(14(2)19(13)26-3)22-18(23)12-21(20(24)25)10-15-6-4-5-7-16(15)11-21;/h4-9H,10-12H2,1-3H3,(H,22,23)(H,24,25);/q;+1/p-1. The summed E-state index contributed by atoms with van der Waals surface area (Å²) < 4.78 is 5.38. The van der Waals surface area contributed by atoms with E-state index in [1.807, 2.05) is 44.2 Å². The van der Waals surface area contributed by atoms with Gasteiger partial charge in [-0.1, -0.05) is 30.3 Å². The van der Waals surface area contributed by atoms with Gasteiger partial charge in [0.15, 0.2) is 0 Å². The fraction of sp³-hybridized carbons (Fsp3) is 0.333. The number of ether oxygens (including phenoxy) is 1. The van der Waals surface area contributed by atoms with Crippen LogP contribution in [0, 0.1) is 19.3 Å². The quantitative estimate of drug-likeness (QED) is 0.693. The van der Waals surface area contributed by atoms with Crippen LogP contribution < -0.4 is 44.7 Å². The van der Waals surface area contributed by atoms with E-state index in [0.29, 0.717) is 24.3 Å². The van der Waals surface area contributed by atoms with Gasteiger partial charge in [0, 0.05) is 29.1 Å². The third-order valence-corrected chi connectivity index (χ3v) is 5.19. The largest absolute Gasteiger partial charge is 1.00 e. The Kier molecular flexibility index (Phi) is 6.73. The second-order valence-corrected chi connectivity index (χ2v) is 7.00. The number of benzene rings is 2. The number of aryl methyl sites for hydroxylation is 1. The van der Waals surface area contributed by atoms with E-state index in [1.54, 1.807) is 13.2 Å². The van der Waals surface area contributed by atoms with E-state index < -0.39 is 11.4 Å². The summed E-state index contributed by atoms with van der Waals surface area (Å²) in [4.78, 5) is 24.5. The molecule has 0 unspecified atom stereocenters. The Balaban J connectivity index is 0.00000261. The number of hydrogen-bond acceptors (Lipinski definition) is 4. The SMILES string of the molecule is COc1c(C)ccc(NC(=O)CC2(C(=O)[O-])Cc3ccccc3C2)c1C.[Na+]. The van der Waals surface area contributed by atoms with E-state index in [0.717, 1.165) is 22.3 Å². The van der Waals surface area contributed by atoms with Crippen LogP contribution in [-0.2, 0) is 22.4 Å². The number of carbonyl (C=O) groups is 2. The average molecular weight is 375 g/mol. The molecule has 5 nitrogen and oxygen atoms in total. The van der Waals surface area contributed by atoms with E-state index in [-0.39, 0.29) is 41.9 Å². The number of methoxy groups -OCH3 is 1. The van der Waals surface area contributed by atoms with Gasteiger partial charge < -0.3 is 20.0 Å². The number of anilines is 1. The molecule has 1 N–H and O–H groups in total. The van der Waals surface area contributed by atoms with Crippen LogP contribution in [0.2, 0.25) is 0 Å². The Hall–Kier alpha value is -1.82. The van der Waals surface area contributed by atoms with E-state index in [2.05, 4.69) is 5.32 Å². The third-order valence-electron chi connectivity index (χ3n) is 5.19. The van der Waals surface area contributed by atoms with Crippen molar-refractivity contribution < 1.29 is 49.0 Å². The van der Waals surface area contributed by atoms with Crippen molar-refractivity contribution in [3.63, 3.8) is 0 Å². The molecule has 136 valence electrons. The van der Waals surface area contributed by atoms with Crippen molar-refractivity contribution in [3.8, 4) is 5.75 Å². The Morgan fingerprint density at radius 2 is 1.70 bits per heavy atom. The van der Waals surface area contributed by atoms with Gasteiger partial charge in [0.2, 0.25) is 5.91 Å². The van der Waals surface area contributed by atoms with Crippen LogP contribution in [-0.4, -0.2) is 19.0 Å². The Labute approximate surface area is 181 Å². The molecule has 0 saturated carbocycles. The van der Waals surface area contributed by atoms with Crippen LogP contribution >= 0.6 is 0 Å². The third kappa shape index (κ3) is 4.21. The molecule has 0 bridgehead atoms. The fourth-order valence-electron chi connectivity index (χ4n) is 3.81. The molecule has 2 aromatic rings. The molecule has 0 spiro atoms. The maximum Gasteiger partial charge on any atom is 1.00 e. The smallest absolute Gasteiger partial charge is 0.550 e. The van der Waals surface area contributed by atoms with Gasteiger partial charge >= 0.3 is 29.6 Å². The molecule has 0 aromatic heterocycles. The van der Waals surface area contributed by atoms with Crippen molar-refractivity contribution in [1.82, 2.24) is 0 Å². The fourth-order valence-corrected chi connectivity index (χ4v) is 3.81. The molecular weight excluding hydrogens is 353 g/mol. The minimum atomic E-state index is -1.20. The molecule has 2 aromatic carbocycles. The number of carboxylic acids is 1. The van der Waals surface area contributed by atoms with Crippen LogP contribution in [0.1, 0.15) is 28.7 Å². The van der Waals surface area contributed by atoms with Crippen molar-refractivity contribution >= 4 is 17.6 Å². The van der Waals surface area contributed by atoms with Crippen LogP contribution in [0.25, 0.3) is 0 Å². The average Bonchev–Trinajstić information content (AvgIpc) is 2.97. The van der Waals surface area contributed by atoms with Gasteiger partial charge in [-0.3, -0.25) is 4.79 Å². The number of aliphatic carboxylic acids is 1. The number of carbonyl (C=O) groups excluding carboxylic acids is 2. The van der Waals surface area contributed by atoms with E-state index in [4.69, 9.17) is 4.74 Å². The molecule has 6 heteroatoms. The maximum atomic E-state index is 12.6. The van der Waals surface area contributed by atoms with E-state index >= 15 is 0 Å². The van der Waals surface area contributed by atoms with Crippen LogP contribution in [0.3, 0.4) is 0 Å². The molecule has 0 fully saturated rings. The summed E-state index contributed by atoms with van der Waals surface area (Å²) >= 11 is 0. The monoisotopic (exact) mass is 375 g/mol. The van der Waals surface area contributed by atoms with Crippen LogP contribution in [0.15, 0.2) is 36.4 Å². The number of rotatable bonds is 5. The summed E-state index contributed by atoms with van der Waals surface area (Å²) in [7, 11) is 1.59. The van der Waals surface area contributed by atoms with Crippen molar-refractivity contribution in [2.75, 3.05) is 12.4 Å². The first kappa shape index (κ1) is 21.5. The molecular formula is C21H22NNaO4. The predicted molar refractivity (Wildman–Crippen MR) is 97.0 cm³/mol. The minimum absolute atomic E-state index is 0. The van der Waals surface area contributed by atoms with Gasteiger partial charge in [-0.2, -0.15) is 0 Å². The van der Waals surface area contributed by atoms with Crippen molar-refractivity contribution in [2.24, 2.45) is 5.41 Å². The topological polar surface area (TPSA) is 78.5 Å². The molecule has 1 aliphatic rings. The Bertz CT molecular complexity index is 853. The first-order valence-electron chi connectivity index (χ1n) is 8.58. The Morgan fingerprint density at radius 3 is 2.22 bits per heavy atom. The van der Waals surface area contributed by atoms with Crippen molar-refractivity contribution in [2.45, 2.75) is 33.1 Å². The first-order valence-corrected chi connectivity index (χ1v) is 8.58. The zero-order valence-corrected chi connectivity index (χ0v) is 18.2. The molecule has 0 heterocycles. The zero-order chi connectivity index (χ0) is 18.9. The van der Waals surface area contributed by atoms with Crippen molar-refractivity contribution in [1.29, 1.82) is 0 Å². The maximum absolute atomic E-state index is 12.6. The van der Waals surface area contributed by atoms with Crippen LogP contribution in [0.4, 0.5) is 5.69 Å². The van der Waals surface area contributed by atoms with Gasteiger partial charge in [0.05, 0.1) is 7.11 Å². The molecule has 0 aliphatic heterocycles. The van der Waals surface area contributed by atoms with Crippen molar-refractivity contribution in [3.05, 3.63) is 58.7 Å². The molecule has 27 heavy (non-hydrogen) atoms. The number of amides is 1. The van der Waals surface area contributed by atoms with E-state index in [1.165, 1.54) is 0 Å². The van der Waals surface area contributed by atoms with Gasteiger partial charge in [0.25, 0.3) is 0 Å². The number of fused-ring (bicyclic) bond motifs is 1. The summed E-state index contributed by atoms with van der Waals surface area (Å²) in [5, 5.41) is 14.7. The number of carboxylic acid groups (broad SMARTS) is 1. The summed E-state index contributed by atoms with van der Waals surface area (Å²) in [6, 6.07) is 11.2. The Morgan fingerprint density at radius 1 is 1.11 bits per heavy atom. The molecule has 0 atom stereocenters. The summed E-state index contributed by atoms with van der Waals surface area (Å²) in [5.41, 5.74) is 3.16. The number of nitrogens with one attached hydrogen (secondary N) is 1. The predicted octanol–water partition coefficient (Wildman–Crippen LogP) is -0.820. The summed E-state index contributed by atoms with van der Waals surface area (Å²) in [5.74, 6) is -0.802. The number of hydrogen-bond donors (Lipinski definition) is 1. The second kappa shape index (κ2) is 8.46. The zero-order valence-electron chi connectivity index (χ0n) is 16.2. The minimum Gasteiger partial charge on any atom is -0.550 e. The van der Waals surface area contributed by atoms with Crippen LogP contribution in [0.5, 0.6) is 5.75 Å². The molecule has 0 radical (unpaired) electrons. The van der Waals surface area contributed by atoms with Gasteiger partial charge in [0.1, 0.15) is 5.75 Å². The molecule has 0 saturated heterocycles. The molecule has 1 aliphatic carbocycles. The van der Waals surface area contributed by atoms with E-state index in [9.17, 15) is 14.7 Å². The van der Waals surface area contributed by atoms with Gasteiger partial charge in [-0.25, -0.2) is 0 Å². The van der Waals surface area contributed by atoms with Gasteiger partial charge in [-0.05, 0) is 49.4 Å². The molecule has 3 rings (SSSR count). The summed E-state index contributed by atoms with van der Waals surface area (Å²) in [6.07, 6.45) is 0.504. The second-order valence-electron chi connectivity index (χ2n) is 7.00.